The lowest BCUT2D eigenvalue weighted by Crippen LogP contribution is -2.46. The summed E-state index contributed by atoms with van der Waals surface area (Å²) in [5.74, 6) is -0.913. The largest absolute Gasteiger partial charge is 0.481 e. The Morgan fingerprint density at radius 3 is 2.55 bits per heavy atom. The molecule has 7 nitrogen and oxygen atoms in total. The molecule has 1 aliphatic rings. The minimum Gasteiger partial charge on any atom is -0.481 e. The van der Waals surface area contributed by atoms with Crippen molar-refractivity contribution in [2.45, 2.75) is 31.7 Å². The highest BCUT2D eigenvalue weighted by atomic mass is 16.5. The Hall–Kier alpha value is -1.81. The molecule has 0 aromatic rings. The molecule has 20 heavy (non-hydrogen) atoms. The molecule has 1 fully saturated rings. The van der Waals surface area contributed by atoms with Crippen LogP contribution in [0.5, 0.6) is 0 Å². The number of ether oxygens (including phenoxy) is 1. The lowest BCUT2D eigenvalue weighted by molar-refractivity contribution is -0.137. The van der Waals surface area contributed by atoms with Crippen molar-refractivity contribution in [3.63, 3.8) is 0 Å². The van der Waals surface area contributed by atoms with Gasteiger partial charge in [0, 0.05) is 32.8 Å². The van der Waals surface area contributed by atoms with Crippen molar-refractivity contribution in [2.75, 3.05) is 33.4 Å². The summed E-state index contributed by atoms with van der Waals surface area (Å²) >= 11 is 0. The molecule has 1 aliphatic carbocycles. The zero-order valence-corrected chi connectivity index (χ0v) is 11.7. The van der Waals surface area contributed by atoms with Crippen LogP contribution in [0.1, 0.15) is 25.7 Å². The number of rotatable bonds is 9. The Balaban J connectivity index is 2.61. The molecule has 0 aromatic heterocycles. The second-order valence-corrected chi connectivity index (χ2v) is 4.74. The minimum atomic E-state index is -0.913. The number of carboxylic acid groups (broad SMARTS) is 1. The Bertz CT molecular complexity index is 376. The van der Waals surface area contributed by atoms with Crippen LogP contribution in [0.15, 0.2) is 0 Å². The number of nitriles is 1. The molecule has 112 valence electrons. The number of carboxylic acids is 1. The molecule has 0 bridgehead atoms. The molecule has 0 heterocycles. The van der Waals surface area contributed by atoms with E-state index < -0.39 is 5.97 Å². The average molecular weight is 283 g/mol. The lowest BCUT2D eigenvalue weighted by Gasteiger charge is -2.30. The normalized spacial score (nSPS) is 13.6. The summed E-state index contributed by atoms with van der Waals surface area (Å²) < 4.78 is 4.97. The van der Waals surface area contributed by atoms with Crippen LogP contribution in [0, 0.1) is 11.3 Å². The van der Waals surface area contributed by atoms with E-state index in [0.717, 1.165) is 12.8 Å². The summed E-state index contributed by atoms with van der Waals surface area (Å²) in [6.07, 6.45) is 2.04. The van der Waals surface area contributed by atoms with Gasteiger partial charge in [0.1, 0.15) is 0 Å². The van der Waals surface area contributed by atoms with Gasteiger partial charge < -0.3 is 19.6 Å². The predicted molar refractivity (Wildman–Crippen MR) is 71.1 cm³/mol. The number of methoxy groups -OCH3 is 1. The van der Waals surface area contributed by atoms with Crippen LogP contribution in [0.4, 0.5) is 4.79 Å². The van der Waals surface area contributed by atoms with Gasteiger partial charge in [-0.2, -0.15) is 5.26 Å². The van der Waals surface area contributed by atoms with Gasteiger partial charge in [0.2, 0.25) is 0 Å². The topological polar surface area (TPSA) is 93.9 Å². The number of nitrogens with zero attached hydrogens (tertiary/aromatic N) is 3. The van der Waals surface area contributed by atoms with Crippen molar-refractivity contribution >= 4 is 12.0 Å². The Morgan fingerprint density at radius 1 is 1.35 bits per heavy atom. The number of aliphatic carboxylic acids is 1. The molecule has 0 radical (unpaired) electrons. The van der Waals surface area contributed by atoms with Crippen LogP contribution in [-0.2, 0) is 9.53 Å². The summed E-state index contributed by atoms with van der Waals surface area (Å²) in [5, 5.41) is 17.4. The third-order valence-electron chi connectivity index (χ3n) is 3.13. The number of carbonyl (C=O) groups excluding carboxylic acids is 1. The fourth-order valence-electron chi connectivity index (χ4n) is 1.91. The molecule has 0 saturated heterocycles. The van der Waals surface area contributed by atoms with E-state index in [2.05, 4.69) is 0 Å². The van der Waals surface area contributed by atoms with E-state index in [1.165, 1.54) is 0 Å². The standard InChI is InChI=1S/C13H21N3O4/c1-20-10-9-15(7-2-6-14)13(19)16(11-3-4-11)8-5-12(17)18/h11H,2-5,7-10H2,1H3,(H,17,18). The minimum absolute atomic E-state index is 0.0569. The lowest BCUT2D eigenvalue weighted by atomic mass is 10.3. The zero-order chi connectivity index (χ0) is 15.0. The molecule has 7 heteroatoms. The number of carbonyl (C=O) groups is 2. The maximum Gasteiger partial charge on any atom is 0.320 e. The second kappa shape index (κ2) is 8.38. The van der Waals surface area contributed by atoms with Gasteiger partial charge in [-0.1, -0.05) is 0 Å². The van der Waals surface area contributed by atoms with Gasteiger partial charge in [0.15, 0.2) is 0 Å². The summed E-state index contributed by atoms with van der Waals surface area (Å²) in [6, 6.07) is 1.97. The first-order valence-electron chi connectivity index (χ1n) is 6.73. The first-order valence-corrected chi connectivity index (χ1v) is 6.73. The zero-order valence-electron chi connectivity index (χ0n) is 11.7. The summed E-state index contributed by atoms with van der Waals surface area (Å²) in [6.45, 7) is 1.37. The number of hydrogen-bond donors (Lipinski definition) is 1. The number of amides is 2. The van der Waals surface area contributed by atoms with Crippen molar-refractivity contribution in [1.29, 1.82) is 5.26 Å². The van der Waals surface area contributed by atoms with Gasteiger partial charge in [-0.15, -0.1) is 0 Å². The average Bonchev–Trinajstić information content (AvgIpc) is 3.23. The van der Waals surface area contributed by atoms with Crippen molar-refractivity contribution in [3.8, 4) is 6.07 Å². The van der Waals surface area contributed by atoms with E-state index in [-0.39, 0.29) is 31.5 Å². The van der Waals surface area contributed by atoms with Gasteiger partial charge in [-0.25, -0.2) is 4.79 Å². The number of hydrogen-bond acceptors (Lipinski definition) is 4. The van der Waals surface area contributed by atoms with E-state index in [1.807, 2.05) is 6.07 Å². The first-order chi connectivity index (χ1) is 9.60. The third kappa shape index (κ3) is 5.45. The van der Waals surface area contributed by atoms with Crippen LogP contribution in [0.3, 0.4) is 0 Å². The maximum atomic E-state index is 12.4. The predicted octanol–water partition coefficient (Wildman–Crippen LogP) is 0.908. The third-order valence-corrected chi connectivity index (χ3v) is 3.13. The fourth-order valence-corrected chi connectivity index (χ4v) is 1.91. The molecule has 1 saturated carbocycles. The van der Waals surface area contributed by atoms with Gasteiger partial charge in [0.05, 0.1) is 25.5 Å². The molecule has 1 N–H and O–H groups in total. The Labute approximate surface area is 118 Å². The molecule has 0 aliphatic heterocycles. The van der Waals surface area contributed by atoms with Gasteiger partial charge >= 0.3 is 12.0 Å². The summed E-state index contributed by atoms with van der Waals surface area (Å²) in [5.41, 5.74) is 0. The van der Waals surface area contributed by atoms with Crippen LogP contribution >= 0.6 is 0 Å². The smallest absolute Gasteiger partial charge is 0.320 e. The van der Waals surface area contributed by atoms with Crippen molar-refractivity contribution in [2.24, 2.45) is 0 Å². The summed E-state index contributed by atoms with van der Waals surface area (Å²) in [7, 11) is 1.55. The van der Waals surface area contributed by atoms with Crippen LogP contribution in [0.2, 0.25) is 0 Å². The fraction of sp³-hybridized carbons (Fsp3) is 0.769. The van der Waals surface area contributed by atoms with Gasteiger partial charge in [-0.05, 0) is 12.8 Å². The van der Waals surface area contributed by atoms with E-state index in [1.54, 1.807) is 16.9 Å². The Kier molecular flexibility index (Phi) is 6.81. The van der Waals surface area contributed by atoms with Crippen LogP contribution in [-0.4, -0.2) is 66.3 Å². The molecule has 2 amide bonds. The highest BCUT2D eigenvalue weighted by molar-refractivity contribution is 5.76. The van der Waals surface area contributed by atoms with Crippen LogP contribution < -0.4 is 0 Å². The first kappa shape index (κ1) is 16.2. The molecule has 1 rings (SSSR count). The van der Waals surface area contributed by atoms with Crippen molar-refractivity contribution in [1.82, 2.24) is 9.80 Å². The summed E-state index contributed by atoms with van der Waals surface area (Å²) in [4.78, 5) is 26.3. The molecule has 0 atom stereocenters. The molecule has 0 spiro atoms. The highest BCUT2D eigenvalue weighted by Gasteiger charge is 2.34. The van der Waals surface area contributed by atoms with Gasteiger partial charge in [-0.3, -0.25) is 4.79 Å². The SMILES string of the molecule is COCCN(CCC#N)C(=O)N(CCC(=O)O)C1CC1. The Morgan fingerprint density at radius 2 is 2.05 bits per heavy atom. The quantitative estimate of drug-likeness (QED) is 0.678. The van der Waals surface area contributed by atoms with E-state index in [9.17, 15) is 9.59 Å². The van der Waals surface area contributed by atoms with Crippen molar-refractivity contribution in [3.05, 3.63) is 0 Å². The van der Waals surface area contributed by atoms with E-state index in [0.29, 0.717) is 19.7 Å². The van der Waals surface area contributed by atoms with Crippen LogP contribution in [0.25, 0.3) is 0 Å². The maximum absolute atomic E-state index is 12.4. The molecular formula is C13H21N3O4. The molecule has 0 unspecified atom stereocenters. The highest BCUT2D eigenvalue weighted by Crippen LogP contribution is 2.28. The molecule has 0 aromatic carbocycles. The molecular weight excluding hydrogens is 262 g/mol. The van der Waals surface area contributed by atoms with E-state index >= 15 is 0 Å². The van der Waals surface area contributed by atoms with Gasteiger partial charge in [0.25, 0.3) is 0 Å². The monoisotopic (exact) mass is 283 g/mol. The second-order valence-electron chi connectivity index (χ2n) is 4.74. The van der Waals surface area contributed by atoms with Crippen molar-refractivity contribution < 1.29 is 19.4 Å². The van der Waals surface area contributed by atoms with E-state index in [4.69, 9.17) is 15.1 Å². The number of urea groups is 1.